The summed E-state index contributed by atoms with van der Waals surface area (Å²) in [6.45, 7) is 1.08. The first kappa shape index (κ1) is 13.3. The molecule has 0 saturated heterocycles. The van der Waals surface area contributed by atoms with Gasteiger partial charge in [0.25, 0.3) is 0 Å². The number of carboxylic acids is 1. The van der Waals surface area contributed by atoms with E-state index in [1.165, 1.54) is 6.92 Å². The highest BCUT2D eigenvalue weighted by Gasteiger charge is 2.39. The monoisotopic (exact) mass is 249 g/mol. The van der Waals surface area contributed by atoms with Crippen LogP contribution in [0.25, 0.3) is 0 Å². The minimum absolute atomic E-state index is 0.0726. The Bertz CT molecular complexity index is 448. The molecule has 0 aliphatic carbocycles. The highest BCUT2D eigenvalue weighted by Crippen LogP contribution is 2.33. The molecule has 0 saturated carbocycles. The average Bonchev–Trinajstić information content (AvgIpc) is 2.57. The van der Waals surface area contributed by atoms with E-state index in [0.29, 0.717) is 0 Å². The van der Waals surface area contributed by atoms with Gasteiger partial charge >= 0.3 is 12.1 Å². The van der Waals surface area contributed by atoms with Crippen LogP contribution in [0.1, 0.15) is 29.4 Å². The van der Waals surface area contributed by atoms with Gasteiger partial charge in [-0.1, -0.05) is 0 Å². The second kappa shape index (κ2) is 4.60. The molecule has 1 aromatic heterocycles. The fraction of sp³-hybridized carbons (Fsp3) is 0.400. The van der Waals surface area contributed by atoms with Crippen LogP contribution in [0.4, 0.5) is 13.2 Å². The van der Waals surface area contributed by atoms with Gasteiger partial charge in [0, 0.05) is 19.2 Å². The fourth-order valence-electron chi connectivity index (χ4n) is 1.43. The lowest BCUT2D eigenvalue weighted by molar-refractivity contribution is -0.144. The maximum absolute atomic E-state index is 12.7. The number of aromatic carboxylic acids is 1. The molecule has 1 rings (SSSR count). The SMILES string of the molecule is CC(=O)CCn1ccc(C(=O)O)c1C(F)(F)F. The molecule has 1 N–H and O–H groups in total. The Morgan fingerprint density at radius 1 is 1.41 bits per heavy atom. The van der Waals surface area contributed by atoms with Gasteiger partial charge in [-0.05, 0) is 13.0 Å². The van der Waals surface area contributed by atoms with Gasteiger partial charge in [-0.25, -0.2) is 4.79 Å². The summed E-state index contributed by atoms with van der Waals surface area (Å²) < 4.78 is 38.7. The molecule has 1 aromatic rings. The van der Waals surface area contributed by atoms with E-state index in [0.717, 1.165) is 16.8 Å². The number of rotatable bonds is 4. The van der Waals surface area contributed by atoms with Crippen LogP contribution in [0, 0.1) is 0 Å². The average molecular weight is 249 g/mol. The Kier molecular flexibility index (Phi) is 3.59. The Morgan fingerprint density at radius 3 is 2.41 bits per heavy atom. The van der Waals surface area contributed by atoms with Crippen LogP contribution in [0.2, 0.25) is 0 Å². The predicted molar refractivity (Wildman–Crippen MR) is 51.7 cm³/mol. The van der Waals surface area contributed by atoms with Crippen LogP contribution in [-0.2, 0) is 17.5 Å². The zero-order valence-corrected chi connectivity index (χ0v) is 8.91. The van der Waals surface area contributed by atoms with E-state index < -0.39 is 23.4 Å². The number of ketones is 1. The fourth-order valence-corrected chi connectivity index (χ4v) is 1.43. The number of carbonyl (C=O) groups excluding carboxylic acids is 1. The smallest absolute Gasteiger partial charge is 0.432 e. The van der Waals surface area contributed by atoms with Crippen molar-refractivity contribution in [3.8, 4) is 0 Å². The summed E-state index contributed by atoms with van der Waals surface area (Å²) in [6.07, 6.45) is -3.81. The van der Waals surface area contributed by atoms with Crippen molar-refractivity contribution < 1.29 is 27.9 Å². The van der Waals surface area contributed by atoms with Gasteiger partial charge in [-0.15, -0.1) is 0 Å². The number of carbonyl (C=O) groups is 2. The molecule has 94 valence electrons. The van der Waals surface area contributed by atoms with Gasteiger partial charge in [0.2, 0.25) is 0 Å². The van der Waals surface area contributed by atoms with Crippen molar-refractivity contribution >= 4 is 11.8 Å². The molecule has 7 heteroatoms. The van der Waals surface area contributed by atoms with Gasteiger partial charge in [0.15, 0.2) is 0 Å². The molecule has 0 aliphatic rings. The van der Waals surface area contributed by atoms with E-state index in [1.54, 1.807) is 0 Å². The van der Waals surface area contributed by atoms with E-state index >= 15 is 0 Å². The number of hydrogen-bond donors (Lipinski definition) is 1. The first-order valence-electron chi connectivity index (χ1n) is 4.72. The number of hydrogen-bond acceptors (Lipinski definition) is 2. The standard InChI is InChI=1S/C10H10F3NO3/c1-6(15)2-4-14-5-3-7(9(16)17)8(14)10(11,12)13/h3,5H,2,4H2,1H3,(H,16,17). The molecule has 0 atom stereocenters. The third kappa shape index (κ3) is 3.08. The highest BCUT2D eigenvalue weighted by atomic mass is 19.4. The largest absolute Gasteiger partial charge is 0.478 e. The molecule has 0 spiro atoms. The molecule has 0 fully saturated rings. The second-order valence-electron chi connectivity index (χ2n) is 3.53. The van der Waals surface area contributed by atoms with Gasteiger partial charge in [0.1, 0.15) is 11.5 Å². The molecule has 0 radical (unpaired) electrons. The van der Waals surface area contributed by atoms with Crippen LogP contribution in [-0.4, -0.2) is 21.4 Å². The molecule has 0 aromatic carbocycles. The number of carboxylic acid groups (broad SMARTS) is 1. The van der Waals surface area contributed by atoms with Gasteiger partial charge < -0.3 is 9.67 Å². The summed E-state index contributed by atoms with van der Waals surface area (Å²) in [6, 6.07) is 0.880. The van der Waals surface area contributed by atoms with E-state index in [-0.39, 0.29) is 18.7 Å². The van der Waals surface area contributed by atoms with E-state index in [9.17, 15) is 22.8 Å². The second-order valence-corrected chi connectivity index (χ2v) is 3.53. The number of aryl methyl sites for hydroxylation is 1. The summed E-state index contributed by atoms with van der Waals surface area (Å²) >= 11 is 0. The lowest BCUT2D eigenvalue weighted by Gasteiger charge is -2.12. The Labute approximate surface area is 94.7 Å². The number of nitrogens with zero attached hydrogens (tertiary/aromatic N) is 1. The first-order chi connectivity index (χ1) is 7.73. The van der Waals surface area contributed by atoms with Crippen LogP contribution in [0.5, 0.6) is 0 Å². The van der Waals surface area contributed by atoms with Crippen molar-refractivity contribution in [2.45, 2.75) is 26.1 Å². The lowest BCUT2D eigenvalue weighted by Crippen LogP contribution is -2.18. The number of aromatic nitrogens is 1. The predicted octanol–water partition coefficient (Wildman–Crippen LogP) is 2.18. The van der Waals surface area contributed by atoms with Crippen LogP contribution in [0.3, 0.4) is 0 Å². The Balaban J connectivity index is 3.14. The van der Waals surface area contributed by atoms with Crippen molar-refractivity contribution in [2.24, 2.45) is 0 Å². The zero-order valence-electron chi connectivity index (χ0n) is 8.91. The minimum atomic E-state index is -4.76. The maximum Gasteiger partial charge on any atom is 0.432 e. The molecule has 17 heavy (non-hydrogen) atoms. The van der Waals surface area contributed by atoms with Gasteiger partial charge in [-0.2, -0.15) is 13.2 Å². The van der Waals surface area contributed by atoms with Crippen LogP contribution in [0.15, 0.2) is 12.3 Å². The van der Waals surface area contributed by atoms with Gasteiger partial charge in [0.05, 0.1) is 5.56 Å². The Morgan fingerprint density at radius 2 is 2.00 bits per heavy atom. The summed E-state index contributed by atoms with van der Waals surface area (Å²) in [5, 5.41) is 8.64. The summed E-state index contributed by atoms with van der Waals surface area (Å²) in [5.41, 5.74) is -2.03. The van der Waals surface area contributed by atoms with E-state index in [2.05, 4.69) is 0 Å². The lowest BCUT2D eigenvalue weighted by atomic mass is 10.2. The summed E-state index contributed by atoms with van der Waals surface area (Å²) in [5.74, 6) is -1.90. The minimum Gasteiger partial charge on any atom is -0.478 e. The summed E-state index contributed by atoms with van der Waals surface area (Å²) in [7, 11) is 0. The third-order valence-electron chi connectivity index (χ3n) is 2.17. The van der Waals surface area contributed by atoms with Crippen molar-refractivity contribution in [3.63, 3.8) is 0 Å². The molecular weight excluding hydrogens is 239 g/mol. The van der Waals surface area contributed by atoms with Crippen molar-refractivity contribution in [2.75, 3.05) is 0 Å². The van der Waals surface area contributed by atoms with Crippen LogP contribution < -0.4 is 0 Å². The quantitative estimate of drug-likeness (QED) is 0.889. The molecule has 1 heterocycles. The molecule has 0 bridgehead atoms. The van der Waals surface area contributed by atoms with E-state index in [1.807, 2.05) is 0 Å². The molecule has 0 aliphatic heterocycles. The molecule has 4 nitrogen and oxygen atoms in total. The first-order valence-corrected chi connectivity index (χ1v) is 4.72. The number of alkyl halides is 3. The third-order valence-corrected chi connectivity index (χ3v) is 2.17. The normalized spacial score (nSPS) is 11.5. The maximum atomic E-state index is 12.7. The van der Waals surface area contributed by atoms with E-state index in [4.69, 9.17) is 5.11 Å². The number of halogens is 3. The van der Waals surface area contributed by atoms with Crippen LogP contribution >= 0.6 is 0 Å². The van der Waals surface area contributed by atoms with Crippen molar-refractivity contribution in [1.82, 2.24) is 4.57 Å². The topological polar surface area (TPSA) is 59.3 Å². The molecular formula is C10H10F3NO3. The molecule has 0 amide bonds. The number of Topliss-reactive ketones (excluding diaryl/α,β-unsaturated/α-hetero) is 1. The van der Waals surface area contributed by atoms with Crippen molar-refractivity contribution in [3.05, 3.63) is 23.5 Å². The van der Waals surface area contributed by atoms with Crippen molar-refractivity contribution in [1.29, 1.82) is 0 Å². The highest BCUT2D eigenvalue weighted by molar-refractivity contribution is 5.89. The molecule has 0 unspecified atom stereocenters. The summed E-state index contributed by atoms with van der Waals surface area (Å²) in [4.78, 5) is 21.3. The zero-order chi connectivity index (χ0) is 13.2. The Hall–Kier alpha value is -1.79. The van der Waals surface area contributed by atoms with Gasteiger partial charge in [-0.3, -0.25) is 4.79 Å².